The summed E-state index contributed by atoms with van der Waals surface area (Å²) in [5.41, 5.74) is 2.47. The Hall–Kier alpha value is -3.72. The Bertz CT molecular complexity index is 1330. The summed E-state index contributed by atoms with van der Waals surface area (Å²) in [7, 11) is 0. The van der Waals surface area contributed by atoms with E-state index >= 15 is 0 Å². The lowest BCUT2D eigenvalue weighted by atomic mass is 10.1. The van der Waals surface area contributed by atoms with E-state index in [1.165, 1.54) is 23.9 Å². The van der Waals surface area contributed by atoms with Gasteiger partial charge in [-0.05, 0) is 48.7 Å². The molecule has 0 radical (unpaired) electrons. The fourth-order valence-corrected chi connectivity index (χ4v) is 3.98. The number of hydrogen-bond acceptors (Lipinski definition) is 7. The third kappa shape index (κ3) is 3.84. The van der Waals surface area contributed by atoms with Crippen LogP contribution in [-0.4, -0.2) is 27.3 Å². The van der Waals surface area contributed by atoms with Crippen molar-refractivity contribution in [2.45, 2.75) is 24.7 Å². The minimum absolute atomic E-state index is 0.155. The molecular weight excluding hydrogens is 443 g/mol. The van der Waals surface area contributed by atoms with E-state index in [-0.39, 0.29) is 24.0 Å². The van der Waals surface area contributed by atoms with Gasteiger partial charge in [-0.3, -0.25) is 9.69 Å². The lowest BCUT2D eigenvalue weighted by Crippen LogP contribution is -2.37. The topological polar surface area (TPSA) is 81.4 Å². The van der Waals surface area contributed by atoms with Crippen LogP contribution in [0.15, 0.2) is 70.2 Å². The van der Waals surface area contributed by atoms with Gasteiger partial charge in [0.1, 0.15) is 11.6 Å². The van der Waals surface area contributed by atoms with Crippen molar-refractivity contribution in [2.75, 3.05) is 11.2 Å². The summed E-state index contributed by atoms with van der Waals surface area (Å²) in [6.45, 7) is 1.79. The number of fused-ring (bicyclic) bond motifs is 3. The first-order chi connectivity index (χ1) is 16.1. The van der Waals surface area contributed by atoms with E-state index in [9.17, 15) is 9.18 Å². The van der Waals surface area contributed by atoms with Crippen LogP contribution in [0.25, 0.3) is 22.6 Å². The first-order valence-electron chi connectivity index (χ1n) is 10.3. The summed E-state index contributed by atoms with van der Waals surface area (Å²) < 4.78 is 25.8. The number of furan rings is 1. The van der Waals surface area contributed by atoms with Crippen LogP contribution in [0.5, 0.6) is 5.88 Å². The zero-order valence-corrected chi connectivity index (χ0v) is 18.7. The molecule has 3 heterocycles. The molecule has 0 aliphatic carbocycles. The molecule has 1 atom stereocenters. The largest absolute Gasteiger partial charge is 0.455 e. The third-order valence-corrected chi connectivity index (χ3v) is 5.80. The van der Waals surface area contributed by atoms with E-state index in [1.54, 1.807) is 36.1 Å². The van der Waals surface area contributed by atoms with Gasteiger partial charge in [0.15, 0.2) is 11.5 Å². The predicted molar refractivity (Wildman–Crippen MR) is 122 cm³/mol. The summed E-state index contributed by atoms with van der Waals surface area (Å²) >= 11 is 1.34. The van der Waals surface area contributed by atoms with Gasteiger partial charge in [-0.15, -0.1) is 10.2 Å². The first-order valence-corrected chi connectivity index (χ1v) is 11.5. The summed E-state index contributed by atoms with van der Waals surface area (Å²) in [6.07, 6.45) is 1.19. The zero-order chi connectivity index (χ0) is 22.9. The number of benzene rings is 2. The lowest BCUT2D eigenvalue weighted by Gasteiger charge is -2.29. The number of carbonyl (C=O) groups excluding carboxylic acids is 1. The highest BCUT2D eigenvalue weighted by atomic mass is 32.2. The molecule has 166 valence electrons. The SMILES string of the molecule is CCC(=O)N1c2ccccc2-c2nnc(SC)nc2O[C@@H]1c1ccc(-c2ccc(F)cc2)o1. The Kier molecular flexibility index (Phi) is 5.55. The highest BCUT2D eigenvalue weighted by Crippen LogP contribution is 2.44. The van der Waals surface area contributed by atoms with Crippen LogP contribution >= 0.6 is 11.8 Å². The van der Waals surface area contributed by atoms with Gasteiger partial charge in [0.25, 0.3) is 0 Å². The van der Waals surface area contributed by atoms with Crippen LogP contribution in [0.1, 0.15) is 25.3 Å². The van der Waals surface area contributed by atoms with E-state index < -0.39 is 6.23 Å². The molecule has 0 unspecified atom stereocenters. The quantitative estimate of drug-likeness (QED) is 0.371. The number of thioether (sulfide) groups is 1. The number of hydrogen-bond donors (Lipinski definition) is 0. The van der Waals surface area contributed by atoms with Crippen LogP contribution in [0.3, 0.4) is 0 Å². The molecule has 33 heavy (non-hydrogen) atoms. The lowest BCUT2D eigenvalue weighted by molar-refractivity contribution is -0.120. The number of aromatic nitrogens is 3. The van der Waals surface area contributed by atoms with Gasteiger partial charge in [-0.1, -0.05) is 36.9 Å². The second kappa shape index (κ2) is 8.67. The van der Waals surface area contributed by atoms with Crippen molar-refractivity contribution in [2.24, 2.45) is 0 Å². The van der Waals surface area contributed by atoms with Gasteiger partial charge in [-0.25, -0.2) is 4.39 Å². The molecule has 0 saturated carbocycles. The van der Waals surface area contributed by atoms with Gasteiger partial charge >= 0.3 is 0 Å². The summed E-state index contributed by atoms with van der Waals surface area (Å²) in [4.78, 5) is 19.2. The average Bonchev–Trinajstić information content (AvgIpc) is 3.29. The Morgan fingerprint density at radius 3 is 2.64 bits per heavy atom. The summed E-state index contributed by atoms with van der Waals surface area (Å²) in [5, 5.41) is 8.94. The molecule has 1 aliphatic heterocycles. The molecule has 0 N–H and O–H groups in total. The zero-order valence-electron chi connectivity index (χ0n) is 17.9. The van der Waals surface area contributed by atoms with Gasteiger partial charge in [-0.2, -0.15) is 4.98 Å². The number of carbonyl (C=O) groups is 1. The molecule has 4 aromatic rings. The van der Waals surface area contributed by atoms with Crippen LogP contribution < -0.4 is 9.64 Å². The normalized spacial score (nSPS) is 14.8. The number of ether oxygens (including phenoxy) is 1. The Morgan fingerprint density at radius 1 is 1.09 bits per heavy atom. The number of anilines is 1. The number of nitrogens with zero attached hydrogens (tertiary/aromatic N) is 4. The fourth-order valence-electron chi connectivity index (χ4n) is 3.68. The standard InChI is InChI=1S/C24H19FN4O3S/c1-3-20(30)29-17-7-5-4-6-16(17)21-22(26-24(33-2)28-27-21)32-23(29)19-13-12-18(31-19)14-8-10-15(25)11-9-14/h4-13,23H,3H2,1-2H3/t23-/m1/s1. The molecule has 7 nitrogen and oxygen atoms in total. The Morgan fingerprint density at radius 2 is 1.88 bits per heavy atom. The molecule has 0 bridgehead atoms. The fraction of sp³-hybridized carbons (Fsp3) is 0.167. The third-order valence-electron chi connectivity index (χ3n) is 5.26. The molecule has 9 heteroatoms. The van der Waals surface area contributed by atoms with E-state index in [0.717, 1.165) is 0 Å². The minimum Gasteiger partial charge on any atom is -0.455 e. The van der Waals surface area contributed by atoms with E-state index in [0.29, 0.717) is 39.2 Å². The molecule has 1 amide bonds. The highest BCUT2D eigenvalue weighted by Gasteiger charge is 2.37. The van der Waals surface area contributed by atoms with E-state index in [1.807, 2.05) is 30.5 Å². The first kappa shape index (κ1) is 21.1. The van der Waals surface area contributed by atoms with Crippen molar-refractivity contribution in [1.82, 2.24) is 15.2 Å². The van der Waals surface area contributed by atoms with Crippen LogP contribution in [0, 0.1) is 5.82 Å². The Balaban J connectivity index is 1.67. The average molecular weight is 463 g/mol. The maximum atomic E-state index is 13.4. The number of amides is 1. The van der Waals surface area contributed by atoms with Crippen LogP contribution in [0.4, 0.5) is 10.1 Å². The molecular formula is C24H19FN4O3S. The molecule has 0 saturated heterocycles. The maximum absolute atomic E-state index is 13.4. The van der Waals surface area contributed by atoms with Crippen LogP contribution in [0.2, 0.25) is 0 Å². The van der Waals surface area contributed by atoms with Gasteiger partial charge in [0, 0.05) is 17.5 Å². The van der Waals surface area contributed by atoms with Crippen molar-refractivity contribution >= 4 is 23.4 Å². The molecule has 0 spiro atoms. The van der Waals surface area contributed by atoms with Gasteiger partial charge < -0.3 is 9.15 Å². The van der Waals surface area contributed by atoms with Gasteiger partial charge in [0.2, 0.25) is 23.2 Å². The molecule has 5 rings (SSSR count). The Labute approximate surface area is 193 Å². The van der Waals surface area contributed by atoms with Crippen molar-refractivity contribution in [1.29, 1.82) is 0 Å². The maximum Gasteiger partial charge on any atom is 0.247 e. The predicted octanol–water partition coefficient (Wildman–Crippen LogP) is 5.49. The highest BCUT2D eigenvalue weighted by molar-refractivity contribution is 7.98. The van der Waals surface area contributed by atoms with Crippen molar-refractivity contribution in [3.8, 4) is 28.5 Å². The smallest absolute Gasteiger partial charge is 0.247 e. The monoisotopic (exact) mass is 462 g/mol. The molecule has 2 aromatic heterocycles. The minimum atomic E-state index is -0.916. The number of para-hydroxylation sites is 1. The van der Waals surface area contributed by atoms with Crippen LogP contribution in [-0.2, 0) is 4.79 Å². The molecule has 2 aromatic carbocycles. The number of rotatable bonds is 4. The van der Waals surface area contributed by atoms with E-state index in [2.05, 4.69) is 15.2 Å². The van der Waals surface area contributed by atoms with Crippen molar-refractivity contribution in [3.63, 3.8) is 0 Å². The second-order valence-electron chi connectivity index (χ2n) is 7.27. The van der Waals surface area contributed by atoms with Gasteiger partial charge in [0.05, 0.1) is 5.69 Å². The van der Waals surface area contributed by atoms with Crippen molar-refractivity contribution in [3.05, 3.63) is 72.2 Å². The molecule has 1 aliphatic rings. The molecule has 0 fully saturated rings. The summed E-state index contributed by atoms with van der Waals surface area (Å²) in [6, 6.07) is 16.9. The summed E-state index contributed by atoms with van der Waals surface area (Å²) in [5.74, 6) is 0.710. The number of halogens is 1. The second-order valence-corrected chi connectivity index (χ2v) is 8.04. The van der Waals surface area contributed by atoms with E-state index in [4.69, 9.17) is 9.15 Å². The van der Waals surface area contributed by atoms with Crippen molar-refractivity contribution < 1.29 is 18.3 Å².